The lowest BCUT2D eigenvalue weighted by atomic mass is 9.72. The van der Waals surface area contributed by atoms with Crippen molar-refractivity contribution in [2.75, 3.05) is 6.54 Å². The van der Waals surface area contributed by atoms with Gasteiger partial charge in [-0.3, -0.25) is 14.4 Å². The van der Waals surface area contributed by atoms with E-state index in [2.05, 4.69) is 0 Å². The summed E-state index contributed by atoms with van der Waals surface area (Å²) < 4.78 is 43.9. The molecule has 1 aliphatic heterocycles. The Hall–Kier alpha value is -2.06. The van der Waals surface area contributed by atoms with Crippen molar-refractivity contribution in [1.29, 1.82) is 0 Å². The van der Waals surface area contributed by atoms with Gasteiger partial charge >= 0.3 is 6.18 Å². The van der Waals surface area contributed by atoms with Crippen molar-refractivity contribution in [3.8, 4) is 0 Å². The molecule has 0 fully saturated rings. The molecule has 2 amide bonds. The summed E-state index contributed by atoms with van der Waals surface area (Å²) in [6.07, 6.45) is -4.23. The number of nitrogens with zero attached hydrogens (tertiary/aromatic N) is 1. The van der Waals surface area contributed by atoms with Crippen LogP contribution in [0.4, 0.5) is 13.2 Å². The van der Waals surface area contributed by atoms with Gasteiger partial charge in [-0.25, -0.2) is 0 Å². The van der Waals surface area contributed by atoms with Gasteiger partial charge in [-0.05, 0) is 36.5 Å². The largest absolute Gasteiger partial charge is 0.425 e. The Morgan fingerprint density at radius 3 is 2.41 bits per heavy atom. The lowest BCUT2D eigenvalue weighted by molar-refractivity contribution is -0.190. The van der Waals surface area contributed by atoms with Crippen LogP contribution in [-0.2, 0) is 9.59 Å². The summed E-state index contributed by atoms with van der Waals surface area (Å²) in [6, 6.07) is 3.67. The smallest absolute Gasteiger partial charge is 0.326 e. The van der Waals surface area contributed by atoms with Crippen molar-refractivity contribution in [3.63, 3.8) is 0 Å². The molecule has 1 aliphatic carbocycles. The second-order valence-electron chi connectivity index (χ2n) is 8.90. The Morgan fingerprint density at radius 1 is 1.19 bits per heavy atom. The summed E-state index contributed by atoms with van der Waals surface area (Å²) in [5.74, 6) is -3.39. The minimum atomic E-state index is -5.25. The number of carbonyl (C=O) groups is 3. The Balaban J connectivity index is 2.18. The summed E-state index contributed by atoms with van der Waals surface area (Å²) in [5.41, 5.74) is -5.03. The molecule has 0 aromatic heterocycles. The monoisotopic (exact) mass is 490 g/mol. The molecule has 1 heterocycles. The van der Waals surface area contributed by atoms with E-state index in [0.29, 0.717) is 12.8 Å². The molecule has 1 aromatic rings. The molecule has 1 atom stereocenters. The van der Waals surface area contributed by atoms with E-state index < -0.39 is 40.3 Å². The van der Waals surface area contributed by atoms with Crippen molar-refractivity contribution in [3.05, 3.63) is 45.1 Å². The lowest BCUT2D eigenvalue weighted by Gasteiger charge is -2.35. The first kappa shape index (κ1) is 24.6. The van der Waals surface area contributed by atoms with Gasteiger partial charge in [0.15, 0.2) is 5.78 Å². The Kier molecular flexibility index (Phi) is 6.43. The molecule has 0 radical (unpaired) electrons. The molecular weight excluding hydrogens is 468 g/mol. The number of amides is 2. The second-order valence-corrected chi connectivity index (χ2v) is 9.74. The van der Waals surface area contributed by atoms with Gasteiger partial charge in [-0.1, -0.05) is 50.4 Å². The van der Waals surface area contributed by atoms with Crippen molar-refractivity contribution in [2.24, 2.45) is 5.41 Å². The van der Waals surface area contributed by atoms with Crippen LogP contribution in [0.25, 0.3) is 0 Å². The first-order chi connectivity index (χ1) is 14.7. The molecule has 0 bridgehead atoms. The number of Topliss-reactive ketones (excluding diaryl/α,β-unsaturated/α-hetero) is 1. The Bertz CT molecular complexity index is 1020. The highest BCUT2D eigenvalue weighted by molar-refractivity contribution is 6.36. The van der Waals surface area contributed by atoms with Crippen LogP contribution in [-0.4, -0.2) is 40.8 Å². The predicted octanol–water partition coefficient (Wildman–Crippen LogP) is 5.31. The number of alkyl halides is 3. The number of benzene rings is 1. The van der Waals surface area contributed by atoms with Crippen molar-refractivity contribution < 1.29 is 27.6 Å². The van der Waals surface area contributed by atoms with Gasteiger partial charge in [-0.2, -0.15) is 13.2 Å². The van der Waals surface area contributed by atoms with Crippen molar-refractivity contribution in [2.45, 2.75) is 58.2 Å². The van der Waals surface area contributed by atoms with Crippen molar-refractivity contribution >= 4 is 40.8 Å². The Morgan fingerprint density at radius 2 is 1.84 bits per heavy atom. The van der Waals surface area contributed by atoms with E-state index in [0.717, 1.165) is 4.90 Å². The van der Waals surface area contributed by atoms with Gasteiger partial charge in [0.05, 0.1) is 16.2 Å². The molecule has 0 unspecified atom stereocenters. The summed E-state index contributed by atoms with van der Waals surface area (Å²) in [4.78, 5) is 40.3. The molecule has 0 spiro atoms. The topological polar surface area (TPSA) is 66.5 Å². The standard InChI is InChI=1S/C22H23Cl2F3N2O3/c1-4-5-8-29-15-10-20(2,3)11-16(30)17(15)21(19(29)32,22(25,26)27)28-18(31)13-7-6-12(23)9-14(13)24/h6-7,9H,4-5,8,10-11H2,1-3H3,(H,28,31)/t21-/m1/s1. The Labute approximate surface area is 193 Å². The molecule has 3 rings (SSSR count). The zero-order chi connectivity index (χ0) is 24.1. The van der Waals surface area contributed by atoms with Crippen LogP contribution in [0.3, 0.4) is 0 Å². The van der Waals surface area contributed by atoms with Crippen LogP contribution in [0.1, 0.15) is 56.8 Å². The maximum atomic E-state index is 14.6. The summed E-state index contributed by atoms with van der Waals surface area (Å²) in [5, 5.41) is 1.87. The van der Waals surface area contributed by atoms with Crippen LogP contribution in [0, 0.1) is 5.41 Å². The van der Waals surface area contributed by atoms with E-state index in [4.69, 9.17) is 23.2 Å². The molecule has 10 heteroatoms. The highest BCUT2D eigenvalue weighted by atomic mass is 35.5. The van der Waals surface area contributed by atoms with E-state index in [1.54, 1.807) is 13.8 Å². The van der Waals surface area contributed by atoms with E-state index in [-0.39, 0.29) is 40.7 Å². The second kappa shape index (κ2) is 8.37. The summed E-state index contributed by atoms with van der Waals surface area (Å²) >= 11 is 11.8. The number of ketones is 1. The molecule has 32 heavy (non-hydrogen) atoms. The molecule has 2 aliphatic rings. The zero-order valence-corrected chi connectivity index (χ0v) is 19.3. The van der Waals surface area contributed by atoms with Gasteiger partial charge in [-0.15, -0.1) is 0 Å². The minimum absolute atomic E-state index is 0.0208. The van der Waals surface area contributed by atoms with Crippen LogP contribution in [0.5, 0.6) is 0 Å². The molecular formula is C22H23Cl2F3N2O3. The highest BCUT2D eigenvalue weighted by Crippen LogP contribution is 2.51. The van der Waals surface area contributed by atoms with Gasteiger partial charge in [0.25, 0.3) is 11.8 Å². The lowest BCUT2D eigenvalue weighted by Crippen LogP contribution is -2.66. The van der Waals surface area contributed by atoms with E-state index in [1.807, 2.05) is 12.2 Å². The number of carbonyl (C=O) groups excluding carboxylic acids is 3. The number of nitrogens with one attached hydrogen (secondary N) is 1. The fourth-order valence-electron chi connectivity index (χ4n) is 4.29. The van der Waals surface area contributed by atoms with Crippen LogP contribution >= 0.6 is 23.2 Å². The molecule has 0 saturated heterocycles. The van der Waals surface area contributed by atoms with Gasteiger partial charge in [0, 0.05) is 23.7 Å². The summed E-state index contributed by atoms with van der Waals surface area (Å²) in [7, 11) is 0. The van der Waals surface area contributed by atoms with E-state index in [1.165, 1.54) is 18.2 Å². The van der Waals surface area contributed by atoms with Crippen LogP contribution in [0.2, 0.25) is 10.0 Å². The van der Waals surface area contributed by atoms with Gasteiger partial charge < -0.3 is 10.2 Å². The number of unbranched alkanes of at least 4 members (excludes halogenated alkanes) is 1. The third-order valence-corrected chi connectivity index (χ3v) is 6.30. The normalized spacial score (nSPS) is 22.9. The molecule has 0 saturated carbocycles. The fourth-order valence-corrected chi connectivity index (χ4v) is 4.78. The minimum Gasteiger partial charge on any atom is -0.326 e. The number of halogens is 5. The fraction of sp³-hybridized carbons (Fsp3) is 0.500. The number of hydrogen-bond acceptors (Lipinski definition) is 3. The average molecular weight is 491 g/mol. The molecule has 5 nitrogen and oxygen atoms in total. The quantitative estimate of drug-likeness (QED) is 0.607. The van der Waals surface area contributed by atoms with Crippen LogP contribution < -0.4 is 5.32 Å². The zero-order valence-electron chi connectivity index (χ0n) is 17.8. The number of allylic oxidation sites excluding steroid dienone is 1. The highest BCUT2D eigenvalue weighted by Gasteiger charge is 2.71. The number of hydrogen-bond donors (Lipinski definition) is 1. The third-order valence-electron chi connectivity index (χ3n) is 5.76. The van der Waals surface area contributed by atoms with E-state index in [9.17, 15) is 27.6 Å². The van der Waals surface area contributed by atoms with Gasteiger partial charge in [0.2, 0.25) is 5.54 Å². The van der Waals surface area contributed by atoms with Crippen LogP contribution in [0.15, 0.2) is 29.5 Å². The predicted molar refractivity (Wildman–Crippen MR) is 114 cm³/mol. The average Bonchev–Trinajstić information content (AvgIpc) is 2.87. The van der Waals surface area contributed by atoms with E-state index >= 15 is 0 Å². The summed E-state index contributed by atoms with van der Waals surface area (Å²) in [6.45, 7) is 5.38. The SMILES string of the molecule is CCCCN1C(=O)[C@@](NC(=O)c2ccc(Cl)cc2Cl)(C(F)(F)F)C2=C1CC(C)(C)CC2=O. The first-order valence-electron chi connectivity index (χ1n) is 10.2. The van der Waals surface area contributed by atoms with Gasteiger partial charge in [0.1, 0.15) is 0 Å². The number of rotatable bonds is 5. The molecule has 1 aromatic carbocycles. The molecule has 174 valence electrons. The maximum absolute atomic E-state index is 14.6. The third kappa shape index (κ3) is 4.03. The van der Waals surface area contributed by atoms with Crippen molar-refractivity contribution in [1.82, 2.24) is 10.2 Å². The molecule has 1 N–H and O–H groups in total. The first-order valence-corrected chi connectivity index (χ1v) is 10.9. The maximum Gasteiger partial charge on any atom is 0.425 e.